The Kier molecular flexibility index (Phi) is 4.09. The molecule has 3 saturated carbocycles. The highest BCUT2D eigenvalue weighted by molar-refractivity contribution is 5.76. The summed E-state index contributed by atoms with van der Waals surface area (Å²) in [6.45, 7) is 6.17. The van der Waals surface area contributed by atoms with Gasteiger partial charge in [0.1, 0.15) is 5.60 Å². The van der Waals surface area contributed by atoms with E-state index in [0.717, 1.165) is 18.8 Å². The molecule has 0 amide bonds. The molecule has 3 rings (SSSR count). The fourth-order valence-electron chi connectivity index (χ4n) is 5.08. The molecule has 0 aromatic heterocycles. The van der Waals surface area contributed by atoms with Crippen molar-refractivity contribution in [2.45, 2.75) is 90.6 Å². The summed E-state index contributed by atoms with van der Waals surface area (Å²) in [5, 5.41) is 0. The van der Waals surface area contributed by atoms with Crippen molar-refractivity contribution in [2.75, 3.05) is 0 Å². The lowest BCUT2D eigenvalue weighted by Crippen LogP contribution is -2.49. The van der Waals surface area contributed by atoms with E-state index in [1.54, 1.807) is 0 Å². The highest BCUT2D eigenvalue weighted by atomic mass is 16.6. The normalized spacial score (nSPS) is 36.9. The quantitative estimate of drug-likeness (QED) is 0.673. The van der Waals surface area contributed by atoms with E-state index in [0.29, 0.717) is 11.8 Å². The zero-order chi connectivity index (χ0) is 15.1. The van der Waals surface area contributed by atoms with Crippen molar-refractivity contribution in [3.05, 3.63) is 0 Å². The fraction of sp³-hybridized carbons (Fsp3) is 0.947. The first-order valence-corrected chi connectivity index (χ1v) is 9.21. The molecule has 2 nitrogen and oxygen atoms in total. The molecule has 21 heavy (non-hydrogen) atoms. The van der Waals surface area contributed by atoms with E-state index < -0.39 is 0 Å². The van der Waals surface area contributed by atoms with E-state index in [2.05, 4.69) is 6.92 Å². The molecule has 120 valence electrons. The Balaban J connectivity index is 1.82. The summed E-state index contributed by atoms with van der Waals surface area (Å²) in [7, 11) is 0. The number of hydrogen-bond donors (Lipinski definition) is 0. The van der Waals surface area contributed by atoms with Crippen LogP contribution in [0.2, 0.25) is 0 Å². The second kappa shape index (κ2) is 5.59. The first kappa shape index (κ1) is 15.4. The zero-order valence-electron chi connectivity index (χ0n) is 14.1. The molecule has 0 heterocycles. The lowest BCUT2D eigenvalue weighted by atomic mass is 9.68. The first-order chi connectivity index (χ1) is 9.98. The number of rotatable bonds is 4. The van der Waals surface area contributed by atoms with Crippen molar-refractivity contribution in [3.63, 3.8) is 0 Å². The molecule has 3 atom stereocenters. The third-order valence-electron chi connectivity index (χ3n) is 6.86. The van der Waals surface area contributed by atoms with Crippen molar-refractivity contribution in [1.82, 2.24) is 0 Å². The van der Waals surface area contributed by atoms with Crippen LogP contribution in [0, 0.1) is 23.2 Å². The number of esters is 1. The largest absolute Gasteiger partial charge is 0.458 e. The Morgan fingerprint density at radius 1 is 1.10 bits per heavy atom. The molecule has 3 fully saturated rings. The van der Waals surface area contributed by atoms with Crippen LogP contribution in [0.1, 0.15) is 85.0 Å². The molecule has 0 aliphatic heterocycles. The van der Waals surface area contributed by atoms with E-state index in [9.17, 15) is 4.79 Å². The molecule has 0 aromatic carbocycles. The maximum absolute atomic E-state index is 12.8. The van der Waals surface area contributed by atoms with Gasteiger partial charge in [-0.1, -0.05) is 26.2 Å². The highest BCUT2D eigenvalue weighted by Gasteiger charge is 2.58. The molecule has 0 aromatic rings. The zero-order valence-corrected chi connectivity index (χ0v) is 14.1. The number of ether oxygens (including phenoxy) is 1. The van der Waals surface area contributed by atoms with Gasteiger partial charge in [0.15, 0.2) is 0 Å². The second-order valence-electron chi connectivity index (χ2n) is 8.50. The van der Waals surface area contributed by atoms with Crippen LogP contribution in [0.4, 0.5) is 0 Å². The van der Waals surface area contributed by atoms with Gasteiger partial charge in [-0.05, 0) is 76.5 Å². The maximum atomic E-state index is 12.8. The molecular weight excluding hydrogens is 260 g/mol. The van der Waals surface area contributed by atoms with Gasteiger partial charge in [0.25, 0.3) is 0 Å². The van der Waals surface area contributed by atoms with Crippen LogP contribution in [0.5, 0.6) is 0 Å². The summed E-state index contributed by atoms with van der Waals surface area (Å²) in [5.74, 6) is 2.18. The maximum Gasteiger partial charge on any atom is 0.312 e. The molecule has 0 N–H and O–H groups in total. The van der Waals surface area contributed by atoms with Crippen LogP contribution in [-0.4, -0.2) is 11.6 Å². The van der Waals surface area contributed by atoms with Gasteiger partial charge in [-0.25, -0.2) is 0 Å². The van der Waals surface area contributed by atoms with Gasteiger partial charge in [0.05, 0.1) is 5.41 Å². The van der Waals surface area contributed by atoms with Crippen LogP contribution < -0.4 is 0 Å². The summed E-state index contributed by atoms with van der Waals surface area (Å²) < 4.78 is 6.39. The van der Waals surface area contributed by atoms with Crippen molar-refractivity contribution in [3.8, 4) is 0 Å². The van der Waals surface area contributed by atoms with Crippen molar-refractivity contribution in [1.29, 1.82) is 0 Å². The number of hydrogen-bond acceptors (Lipinski definition) is 2. The van der Waals surface area contributed by atoms with E-state index in [4.69, 9.17) is 4.74 Å². The van der Waals surface area contributed by atoms with Gasteiger partial charge in [-0.3, -0.25) is 4.79 Å². The minimum atomic E-state index is -0.330. The topological polar surface area (TPSA) is 26.3 Å². The van der Waals surface area contributed by atoms with Gasteiger partial charge < -0.3 is 4.74 Å². The smallest absolute Gasteiger partial charge is 0.312 e. The van der Waals surface area contributed by atoms with Gasteiger partial charge in [0.2, 0.25) is 0 Å². The summed E-state index contributed by atoms with van der Waals surface area (Å²) in [5.41, 5.74) is -0.420. The van der Waals surface area contributed by atoms with Crippen molar-refractivity contribution >= 4 is 5.97 Å². The highest BCUT2D eigenvalue weighted by Crippen LogP contribution is 2.58. The van der Waals surface area contributed by atoms with E-state index in [1.165, 1.54) is 51.4 Å². The Bertz CT molecular complexity index is 394. The molecule has 0 saturated heterocycles. The van der Waals surface area contributed by atoms with Gasteiger partial charge in [-0.15, -0.1) is 0 Å². The Morgan fingerprint density at radius 3 is 2.33 bits per heavy atom. The summed E-state index contributed by atoms with van der Waals surface area (Å²) in [6.07, 6.45) is 12.6. The summed E-state index contributed by atoms with van der Waals surface area (Å²) >= 11 is 0. The summed E-state index contributed by atoms with van der Waals surface area (Å²) in [6, 6.07) is 0. The van der Waals surface area contributed by atoms with Crippen LogP contribution in [0.25, 0.3) is 0 Å². The number of carbonyl (C=O) groups is 1. The molecule has 0 spiro atoms. The minimum Gasteiger partial charge on any atom is -0.458 e. The Labute approximate surface area is 130 Å². The summed E-state index contributed by atoms with van der Waals surface area (Å²) in [4.78, 5) is 12.8. The van der Waals surface area contributed by atoms with Crippen LogP contribution in [0.3, 0.4) is 0 Å². The van der Waals surface area contributed by atoms with Gasteiger partial charge >= 0.3 is 5.97 Å². The standard InChI is InChI=1S/C19H32O2/c1-4-18(2,3)17(20)21-19(15-8-6-5-7-9-15)13-14-10-11-16(19)12-14/h14-16H,4-13H2,1-3H3. The number of carbonyl (C=O) groups excluding carboxylic acids is 1. The van der Waals surface area contributed by atoms with E-state index in [1.807, 2.05) is 13.8 Å². The molecular formula is C19H32O2. The average molecular weight is 292 g/mol. The fourth-order valence-corrected chi connectivity index (χ4v) is 5.08. The SMILES string of the molecule is CCC(C)(C)C(=O)OC1(C2CCCCC2)CC2CCC1C2. The molecule has 0 radical (unpaired) electrons. The molecule has 3 aliphatic carbocycles. The van der Waals surface area contributed by atoms with Crippen LogP contribution in [0.15, 0.2) is 0 Å². The predicted molar refractivity (Wildman–Crippen MR) is 84.9 cm³/mol. The minimum absolute atomic E-state index is 0.0584. The lowest BCUT2D eigenvalue weighted by Gasteiger charge is -2.46. The first-order valence-electron chi connectivity index (χ1n) is 9.21. The van der Waals surface area contributed by atoms with E-state index in [-0.39, 0.29) is 17.0 Å². The van der Waals surface area contributed by atoms with Crippen LogP contribution >= 0.6 is 0 Å². The van der Waals surface area contributed by atoms with Gasteiger partial charge in [0, 0.05) is 0 Å². The third kappa shape index (κ3) is 2.64. The predicted octanol–water partition coefficient (Wildman–Crippen LogP) is 5.10. The van der Waals surface area contributed by atoms with Crippen molar-refractivity contribution in [2.24, 2.45) is 23.2 Å². The molecule has 3 aliphatic rings. The molecule has 2 bridgehead atoms. The van der Waals surface area contributed by atoms with Crippen LogP contribution in [-0.2, 0) is 9.53 Å². The Morgan fingerprint density at radius 2 is 1.81 bits per heavy atom. The third-order valence-corrected chi connectivity index (χ3v) is 6.86. The average Bonchev–Trinajstić information content (AvgIpc) is 3.09. The lowest BCUT2D eigenvalue weighted by molar-refractivity contribution is -0.187. The second-order valence-corrected chi connectivity index (χ2v) is 8.50. The molecule has 2 heteroatoms. The molecule has 3 unspecified atom stereocenters. The Hall–Kier alpha value is -0.530. The van der Waals surface area contributed by atoms with E-state index >= 15 is 0 Å². The monoisotopic (exact) mass is 292 g/mol. The van der Waals surface area contributed by atoms with Gasteiger partial charge in [-0.2, -0.15) is 0 Å². The van der Waals surface area contributed by atoms with Crippen molar-refractivity contribution < 1.29 is 9.53 Å². The number of fused-ring (bicyclic) bond motifs is 2.